The van der Waals surface area contributed by atoms with Crippen LogP contribution in [0.3, 0.4) is 0 Å². The number of hydrogen-bond acceptors (Lipinski definition) is 4. The van der Waals surface area contributed by atoms with Gasteiger partial charge in [0.05, 0.1) is 7.11 Å². The Hall–Kier alpha value is -2.57. The molecule has 3 aromatic rings. The molecule has 2 aromatic carbocycles. The van der Waals surface area contributed by atoms with E-state index in [0.717, 1.165) is 22.2 Å². The average Bonchev–Trinajstić information content (AvgIpc) is 2.99. The number of hydrogen-bond donors (Lipinski definition) is 3. The normalized spacial score (nSPS) is 16.5. The van der Waals surface area contributed by atoms with Gasteiger partial charge in [-0.1, -0.05) is 17.7 Å². The van der Waals surface area contributed by atoms with Gasteiger partial charge in [0.25, 0.3) is 0 Å². The second-order valence-corrected chi connectivity index (χ2v) is 6.69. The Kier molecular flexibility index (Phi) is 4.09. The van der Waals surface area contributed by atoms with Gasteiger partial charge in [0.1, 0.15) is 6.04 Å². The first-order chi connectivity index (χ1) is 12.5. The van der Waals surface area contributed by atoms with Crippen LogP contribution in [-0.2, 0) is 22.5 Å². The standard InChI is InChI=1S/C19H16ClFN2O3/c1-26-19(25)16-7-12-11-5-13(20)10(6-15(11)23-17(12)8-22-16)9-2-3-14(21)18(24)4-9/h2-6,16,22-24H,7-8H2,1H3. The van der Waals surface area contributed by atoms with E-state index in [9.17, 15) is 14.3 Å². The van der Waals surface area contributed by atoms with Gasteiger partial charge in [-0.15, -0.1) is 0 Å². The molecule has 0 spiro atoms. The van der Waals surface area contributed by atoms with E-state index in [1.807, 2.05) is 12.1 Å². The zero-order chi connectivity index (χ0) is 18.4. The Morgan fingerprint density at radius 2 is 2.15 bits per heavy atom. The number of methoxy groups -OCH3 is 1. The molecule has 1 atom stereocenters. The van der Waals surface area contributed by atoms with Crippen molar-refractivity contribution in [3.63, 3.8) is 0 Å². The molecule has 0 radical (unpaired) electrons. The number of aromatic hydroxyl groups is 1. The molecule has 1 aromatic heterocycles. The molecule has 2 heterocycles. The highest BCUT2D eigenvalue weighted by Crippen LogP contribution is 2.37. The van der Waals surface area contributed by atoms with E-state index in [0.29, 0.717) is 29.1 Å². The largest absolute Gasteiger partial charge is 0.505 e. The lowest BCUT2D eigenvalue weighted by atomic mass is 9.97. The van der Waals surface area contributed by atoms with E-state index in [4.69, 9.17) is 16.3 Å². The third-order valence-corrected chi connectivity index (χ3v) is 5.07. The highest BCUT2D eigenvalue weighted by molar-refractivity contribution is 6.34. The van der Waals surface area contributed by atoms with Gasteiger partial charge in [-0.05, 0) is 35.4 Å². The number of phenols is 1. The highest BCUT2D eigenvalue weighted by Gasteiger charge is 2.28. The lowest BCUT2D eigenvalue weighted by Gasteiger charge is -2.21. The summed E-state index contributed by atoms with van der Waals surface area (Å²) in [6.45, 7) is 0.522. The summed E-state index contributed by atoms with van der Waals surface area (Å²) in [5, 5.41) is 14.2. The SMILES string of the molecule is COC(=O)C1Cc2c([nH]c3cc(-c4ccc(F)c(O)c4)c(Cl)cc23)CN1. The lowest BCUT2D eigenvalue weighted by molar-refractivity contribution is -0.143. The molecule has 1 aliphatic heterocycles. The van der Waals surface area contributed by atoms with Crippen molar-refractivity contribution in [2.45, 2.75) is 19.0 Å². The molecule has 26 heavy (non-hydrogen) atoms. The second kappa shape index (κ2) is 6.30. The van der Waals surface area contributed by atoms with Crippen molar-refractivity contribution in [2.75, 3.05) is 7.11 Å². The number of benzene rings is 2. The number of rotatable bonds is 2. The van der Waals surface area contributed by atoms with Crippen LogP contribution in [0, 0.1) is 5.82 Å². The van der Waals surface area contributed by atoms with Crippen LogP contribution in [0.4, 0.5) is 4.39 Å². The van der Waals surface area contributed by atoms with Crippen molar-refractivity contribution in [3.8, 4) is 16.9 Å². The molecule has 0 fully saturated rings. The zero-order valence-corrected chi connectivity index (χ0v) is 14.7. The van der Waals surface area contributed by atoms with Crippen molar-refractivity contribution in [1.82, 2.24) is 10.3 Å². The van der Waals surface area contributed by atoms with Crippen LogP contribution >= 0.6 is 11.6 Å². The van der Waals surface area contributed by atoms with Crippen LogP contribution in [0.15, 0.2) is 30.3 Å². The van der Waals surface area contributed by atoms with Gasteiger partial charge >= 0.3 is 5.97 Å². The van der Waals surface area contributed by atoms with Gasteiger partial charge in [-0.25, -0.2) is 4.39 Å². The predicted octanol–water partition coefficient (Wildman–Crippen LogP) is 3.52. The third kappa shape index (κ3) is 2.71. The molecule has 3 N–H and O–H groups in total. The number of carbonyl (C=O) groups is 1. The second-order valence-electron chi connectivity index (χ2n) is 6.29. The van der Waals surface area contributed by atoms with Crippen molar-refractivity contribution < 1.29 is 19.0 Å². The maximum absolute atomic E-state index is 13.3. The van der Waals surface area contributed by atoms with Gasteiger partial charge < -0.3 is 14.8 Å². The fraction of sp³-hybridized carbons (Fsp3) is 0.211. The Bertz CT molecular complexity index is 1030. The van der Waals surface area contributed by atoms with Gasteiger partial charge in [0, 0.05) is 40.1 Å². The van der Waals surface area contributed by atoms with E-state index in [-0.39, 0.29) is 12.0 Å². The van der Waals surface area contributed by atoms with E-state index in [2.05, 4.69) is 10.3 Å². The van der Waals surface area contributed by atoms with Crippen LogP contribution in [0.1, 0.15) is 11.3 Å². The van der Waals surface area contributed by atoms with Gasteiger partial charge in [-0.3, -0.25) is 10.1 Å². The third-order valence-electron chi connectivity index (χ3n) is 4.76. The molecule has 7 heteroatoms. The number of halogens is 2. The summed E-state index contributed by atoms with van der Waals surface area (Å²) in [6, 6.07) is 7.44. The summed E-state index contributed by atoms with van der Waals surface area (Å²) in [5.41, 5.74) is 4.20. The van der Waals surface area contributed by atoms with Crippen LogP contribution < -0.4 is 5.32 Å². The fourth-order valence-electron chi connectivity index (χ4n) is 3.42. The molecular weight excluding hydrogens is 359 g/mol. The molecule has 0 amide bonds. The number of phenolic OH excluding ortho intramolecular Hbond substituents is 1. The fourth-order valence-corrected chi connectivity index (χ4v) is 3.70. The number of aromatic nitrogens is 1. The number of H-pyrrole nitrogens is 1. The summed E-state index contributed by atoms with van der Waals surface area (Å²) in [6.07, 6.45) is 0.509. The average molecular weight is 375 g/mol. The van der Waals surface area contributed by atoms with E-state index >= 15 is 0 Å². The van der Waals surface area contributed by atoms with Crippen LogP contribution in [0.2, 0.25) is 5.02 Å². The summed E-state index contributed by atoms with van der Waals surface area (Å²) in [4.78, 5) is 15.2. The topological polar surface area (TPSA) is 74.4 Å². The number of ether oxygens (including phenoxy) is 1. The summed E-state index contributed by atoms with van der Waals surface area (Å²) in [7, 11) is 1.37. The minimum absolute atomic E-state index is 0.297. The van der Waals surface area contributed by atoms with Crippen LogP contribution in [0.5, 0.6) is 5.75 Å². The first-order valence-corrected chi connectivity index (χ1v) is 8.49. The number of carbonyl (C=O) groups excluding carboxylic acids is 1. The molecule has 4 rings (SSSR count). The molecule has 0 saturated carbocycles. The van der Waals surface area contributed by atoms with Crippen molar-refractivity contribution in [2.24, 2.45) is 0 Å². The summed E-state index contributed by atoms with van der Waals surface area (Å²) < 4.78 is 18.1. The van der Waals surface area contributed by atoms with Crippen LogP contribution in [-0.4, -0.2) is 29.2 Å². The minimum atomic E-state index is -0.679. The molecule has 0 saturated heterocycles. The molecule has 0 aliphatic carbocycles. The molecule has 5 nitrogen and oxygen atoms in total. The van der Waals surface area contributed by atoms with Gasteiger partial charge in [0.15, 0.2) is 11.6 Å². The minimum Gasteiger partial charge on any atom is -0.505 e. The first-order valence-electron chi connectivity index (χ1n) is 8.11. The predicted molar refractivity (Wildman–Crippen MR) is 96.7 cm³/mol. The molecule has 1 aliphatic rings. The van der Waals surface area contributed by atoms with Crippen molar-refractivity contribution >= 4 is 28.5 Å². The van der Waals surface area contributed by atoms with Crippen LogP contribution in [0.25, 0.3) is 22.0 Å². The van der Waals surface area contributed by atoms with Crippen molar-refractivity contribution in [1.29, 1.82) is 0 Å². The number of nitrogens with one attached hydrogen (secondary N) is 2. The zero-order valence-electron chi connectivity index (χ0n) is 13.9. The van der Waals surface area contributed by atoms with Gasteiger partial charge in [0.2, 0.25) is 0 Å². The Morgan fingerprint density at radius 3 is 2.88 bits per heavy atom. The Balaban J connectivity index is 1.80. The quantitative estimate of drug-likeness (QED) is 0.600. The summed E-state index contributed by atoms with van der Waals surface area (Å²) >= 11 is 6.46. The van der Waals surface area contributed by atoms with Gasteiger partial charge in [-0.2, -0.15) is 0 Å². The maximum Gasteiger partial charge on any atom is 0.323 e. The Morgan fingerprint density at radius 1 is 1.35 bits per heavy atom. The monoisotopic (exact) mass is 374 g/mol. The molecule has 134 valence electrons. The highest BCUT2D eigenvalue weighted by atomic mass is 35.5. The maximum atomic E-state index is 13.3. The van der Waals surface area contributed by atoms with Crippen molar-refractivity contribution in [3.05, 3.63) is 52.4 Å². The van der Waals surface area contributed by atoms with E-state index < -0.39 is 11.6 Å². The smallest absolute Gasteiger partial charge is 0.323 e. The number of esters is 1. The Labute approximate surface area is 153 Å². The number of aromatic amines is 1. The summed E-state index contributed by atoms with van der Waals surface area (Å²) in [5.74, 6) is -1.40. The molecular formula is C19H16ClFN2O3. The first kappa shape index (κ1) is 16.9. The van der Waals surface area contributed by atoms with E-state index in [1.165, 1.54) is 19.2 Å². The molecule has 1 unspecified atom stereocenters. The number of fused-ring (bicyclic) bond motifs is 3. The molecule has 0 bridgehead atoms. The van der Waals surface area contributed by atoms with E-state index in [1.54, 1.807) is 6.07 Å². The lowest BCUT2D eigenvalue weighted by Crippen LogP contribution is -2.42.